The molecule has 0 amide bonds. The van der Waals surface area contributed by atoms with Gasteiger partial charge in [0.2, 0.25) is 0 Å². The first-order valence-electron chi connectivity index (χ1n) is 4.70. The van der Waals surface area contributed by atoms with Gasteiger partial charge in [-0.1, -0.05) is 6.92 Å². The summed E-state index contributed by atoms with van der Waals surface area (Å²) in [6.45, 7) is 5.52. The summed E-state index contributed by atoms with van der Waals surface area (Å²) in [7, 11) is 0. The van der Waals surface area contributed by atoms with Crippen molar-refractivity contribution >= 4 is 0 Å². The standard InChI is InChI=1S/C9H21NO2/c1-3-9(12-4-2)5-8(6-10)7-11/h8-9,11H,3-7,10H2,1-2H3. The first-order chi connectivity index (χ1) is 5.78. The number of hydrogen-bond acceptors (Lipinski definition) is 3. The summed E-state index contributed by atoms with van der Waals surface area (Å²) < 4.78 is 5.46. The van der Waals surface area contributed by atoms with Gasteiger partial charge in [-0.05, 0) is 32.2 Å². The van der Waals surface area contributed by atoms with Gasteiger partial charge in [0.15, 0.2) is 0 Å². The Bertz CT molecular complexity index is 94.5. The van der Waals surface area contributed by atoms with Crippen LogP contribution in [-0.2, 0) is 4.74 Å². The molecule has 0 saturated carbocycles. The van der Waals surface area contributed by atoms with E-state index in [1.165, 1.54) is 0 Å². The second-order valence-corrected chi connectivity index (χ2v) is 3.01. The molecular formula is C9H21NO2. The Labute approximate surface area is 74.9 Å². The lowest BCUT2D eigenvalue weighted by atomic mass is 10.0. The fraction of sp³-hybridized carbons (Fsp3) is 1.00. The molecule has 3 nitrogen and oxygen atoms in total. The zero-order valence-corrected chi connectivity index (χ0v) is 8.12. The van der Waals surface area contributed by atoms with Crippen LogP contribution in [0.15, 0.2) is 0 Å². The van der Waals surface area contributed by atoms with Crippen molar-refractivity contribution in [1.82, 2.24) is 0 Å². The van der Waals surface area contributed by atoms with Gasteiger partial charge >= 0.3 is 0 Å². The Morgan fingerprint density at radius 1 is 1.42 bits per heavy atom. The lowest BCUT2D eigenvalue weighted by molar-refractivity contribution is 0.0352. The van der Waals surface area contributed by atoms with Gasteiger partial charge in [-0.2, -0.15) is 0 Å². The van der Waals surface area contributed by atoms with Crippen LogP contribution in [0.25, 0.3) is 0 Å². The molecule has 0 aliphatic carbocycles. The molecule has 0 aliphatic rings. The smallest absolute Gasteiger partial charge is 0.0576 e. The highest BCUT2D eigenvalue weighted by Gasteiger charge is 2.12. The molecule has 12 heavy (non-hydrogen) atoms. The van der Waals surface area contributed by atoms with E-state index in [0.717, 1.165) is 19.4 Å². The van der Waals surface area contributed by atoms with E-state index in [1.807, 2.05) is 6.92 Å². The fourth-order valence-electron chi connectivity index (χ4n) is 1.21. The van der Waals surface area contributed by atoms with Crippen molar-refractivity contribution in [2.45, 2.75) is 32.8 Å². The molecule has 74 valence electrons. The lowest BCUT2D eigenvalue weighted by Crippen LogP contribution is -2.25. The normalized spacial score (nSPS) is 16.0. The molecule has 0 aromatic heterocycles. The number of nitrogens with two attached hydrogens (primary N) is 1. The SMILES string of the molecule is CCOC(CC)CC(CN)CO. The van der Waals surface area contributed by atoms with Crippen LogP contribution in [0.2, 0.25) is 0 Å². The molecule has 2 atom stereocenters. The first kappa shape index (κ1) is 11.9. The van der Waals surface area contributed by atoms with E-state index < -0.39 is 0 Å². The summed E-state index contributed by atoms with van der Waals surface area (Å²) in [6.07, 6.45) is 2.12. The van der Waals surface area contributed by atoms with Gasteiger partial charge in [0.05, 0.1) is 6.10 Å². The van der Waals surface area contributed by atoms with Crippen LogP contribution in [-0.4, -0.2) is 31.0 Å². The molecule has 2 unspecified atom stereocenters. The summed E-state index contributed by atoms with van der Waals surface area (Å²) >= 11 is 0. The van der Waals surface area contributed by atoms with Crippen LogP contribution >= 0.6 is 0 Å². The predicted octanol–water partition coefficient (Wildman–Crippen LogP) is 0.759. The maximum absolute atomic E-state index is 8.90. The molecule has 0 rings (SSSR count). The van der Waals surface area contributed by atoms with Crippen LogP contribution in [0, 0.1) is 5.92 Å². The topological polar surface area (TPSA) is 55.5 Å². The minimum absolute atomic E-state index is 0.167. The van der Waals surface area contributed by atoms with Gasteiger partial charge in [-0.25, -0.2) is 0 Å². The van der Waals surface area contributed by atoms with E-state index >= 15 is 0 Å². The molecule has 0 bridgehead atoms. The molecule has 0 aliphatic heterocycles. The van der Waals surface area contributed by atoms with Crippen LogP contribution in [0.4, 0.5) is 0 Å². The Hall–Kier alpha value is -0.120. The molecule has 0 saturated heterocycles. The Kier molecular flexibility index (Phi) is 7.45. The minimum Gasteiger partial charge on any atom is -0.396 e. The van der Waals surface area contributed by atoms with E-state index in [9.17, 15) is 0 Å². The van der Waals surface area contributed by atoms with Crippen molar-refractivity contribution in [3.8, 4) is 0 Å². The number of ether oxygens (including phenoxy) is 1. The van der Waals surface area contributed by atoms with Crippen molar-refractivity contribution in [3.63, 3.8) is 0 Å². The molecule has 0 aromatic rings. The summed E-state index contributed by atoms with van der Waals surface area (Å²) in [5.41, 5.74) is 5.47. The van der Waals surface area contributed by atoms with Gasteiger partial charge in [-0.15, -0.1) is 0 Å². The van der Waals surface area contributed by atoms with Crippen LogP contribution in [0.3, 0.4) is 0 Å². The molecule has 3 N–H and O–H groups in total. The second-order valence-electron chi connectivity index (χ2n) is 3.01. The molecule has 0 heterocycles. The fourth-order valence-corrected chi connectivity index (χ4v) is 1.21. The van der Waals surface area contributed by atoms with Gasteiger partial charge in [-0.3, -0.25) is 0 Å². The highest BCUT2D eigenvalue weighted by Crippen LogP contribution is 2.10. The number of aliphatic hydroxyl groups excluding tert-OH is 1. The van der Waals surface area contributed by atoms with Gasteiger partial charge in [0.1, 0.15) is 0 Å². The molecular weight excluding hydrogens is 154 g/mol. The zero-order chi connectivity index (χ0) is 9.40. The number of hydrogen-bond donors (Lipinski definition) is 2. The van der Waals surface area contributed by atoms with E-state index in [1.54, 1.807) is 0 Å². The highest BCUT2D eigenvalue weighted by molar-refractivity contribution is 4.65. The van der Waals surface area contributed by atoms with Gasteiger partial charge < -0.3 is 15.6 Å². The predicted molar refractivity (Wildman–Crippen MR) is 50.0 cm³/mol. The van der Waals surface area contributed by atoms with E-state index in [-0.39, 0.29) is 18.6 Å². The van der Waals surface area contributed by atoms with Crippen LogP contribution in [0.1, 0.15) is 26.7 Å². The lowest BCUT2D eigenvalue weighted by Gasteiger charge is -2.19. The van der Waals surface area contributed by atoms with Gasteiger partial charge in [0.25, 0.3) is 0 Å². The van der Waals surface area contributed by atoms with Crippen molar-refractivity contribution in [3.05, 3.63) is 0 Å². The van der Waals surface area contributed by atoms with Gasteiger partial charge in [0, 0.05) is 13.2 Å². The zero-order valence-electron chi connectivity index (χ0n) is 8.12. The van der Waals surface area contributed by atoms with E-state index in [0.29, 0.717) is 6.54 Å². The van der Waals surface area contributed by atoms with Crippen LogP contribution in [0.5, 0.6) is 0 Å². The Morgan fingerprint density at radius 2 is 2.08 bits per heavy atom. The number of aliphatic hydroxyl groups is 1. The second kappa shape index (κ2) is 7.53. The van der Waals surface area contributed by atoms with E-state index in [2.05, 4.69) is 6.92 Å². The average molecular weight is 175 g/mol. The third-order valence-electron chi connectivity index (χ3n) is 2.05. The maximum Gasteiger partial charge on any atom is 0.0576 e. The largest absolute Gasteiger partial charge is 0.396 e. The summed E-state index contributed by atoms with van der Waals surface area (Å²) in [6, 6.07) is 0. The van der Waals surface area contributed by atoms with E-state index in [4.69, 9.17) is 15.6 Å². The Balaban J connectivity index is 3.65. The van der Waals surface area contributed by atoms with Crippen molar-refractivity contribution in [1.29, 1.82) is 0 Å². The van der Waals surface area contributed by atoms with Crippen molar-refractivity contribution in [2.24, 2.45) is 11.7 Å². The third-order valence-corrected chi connectivity index (χ3v) is 2.05. The molecule has 0 radical (unpaired) electrons. The summed E-state index contributed by atoms with van der Waals surface area (Å²) in [5.74, 6) is 0.196. The van der Waals surface area contributed by atoms with Crippen molar-refractivity contribution < 1.29 is 9.84 Å². The first-order valence-corrected chi connectivity index (χ1v) is 4.70. The summed E-state index contributed by atoms with van der Waals surface area (Å²) in [4.78, 5) is 0. The monoisotopic (exact) mass is 175 g/mol. The average Bonchev–Trinajstić information content (AvgIpc) is 2.12. The molecule has 0 spiro atoms. The molecule has 0 fully saturated rings. The van der Waals surface area contributed by atoms with Crippen LogP contribution < -0.4 is 5.73 Å². The van der Waals surface area contributed by atoms with Crippen molar-refractivity contribution in [2.75, 3.05) is 19.8 Å². The number of rotatable bonds is 7. The highest BCUT2D eigenvalue weighted by atomic mass is 16.5. The minimum atomic E-state index is 0.167. The summed E-state index contributed by atoms with van der Waals surface area (Å²) in [5, 5.41) is 8.90. The Morgan fingerprint density at radius 3 is 2.42 bits per heavy atom. The molecule has 3 heteroatoms. The maximum atomic E-state index is 8.90. The molecule has 0 aromatic carbocycles. The third kappa shape index (κ3) is 4.70. The quantitative estimate of drug-likeness (QED) is 0.600.